The molecule has 0 radical (unpaired) electrons. The van der Waals surface area contributed by atoms with Crippen LogP contribution in [0.2, 0.25) is 0 Å². The van der Waals surface area contributed by atoms with Gasteiger partial charge in [-0.05, 0) is 138 Å². The Morgan fingerprint density at radius 3 is 1.48 bits per heavy atom. The molecule has 310 valence electrons. The molecule has 0 aliphatic carbocycles. The molecule has 11 aromatic carbocycles. The predicted molar refractivity (Wildman–Crippen MR) is 279 cm³/mol. The zero-order valence-electron chi connectivity index (χ0n) is 36.2. The van der Waals surface area contributed by atoms with Crippen molar-refractivity contribution in [2.45, 2.75) is 0 Å². The lowest BCUT2D eigenvalue weighted by Crippen LogP contribution is -2.10. The molecule has 0 aliphatic heterocycles. The maximum absolute atomic E-state index is 6.33. The summed E-state index contributed by atoms with van der Waals surface area (Å²) in [7, 11) is 0. The van der Waals surface area contributed by atoms with Crippen LogP contribution in [0.1, 0.15) is 0 Å². The molecule has 0 unspecified atom stereocenters. The van der Waals surface area contributed by atoms with Crippen LogP contribution in [0.25, 0.3) is 99.5 Å². The van der Waals surface area contributed by atoms with Crippen LogP contribution in [0, 0.1) is 0 Å². The molecule has 0 saturated heterocycles. The minimum absolute atomic E-state index is 0.888. The van der Waals surface area contributed by atoms with Crippen LogP contribution in [0.15, 0.2) is 265 Å². The number of furan rings is 1. The third kappa shape index (κ3) is 7.31. The second-order valence-electron chi connectivity index (χ2n) is 16.9. The van der Waals surface area contributed by atoms with Crippen molar-refractivity contribution in [2.24, 2.45) is 0 Å². The summed E-state index contributed by atoms with van der Waals surface area (Å²) in [4.78, 5) is 2.37. The molecular weight excluding hydrogens is 799 g/mol. The van der Waals surface area contributed by atoms with Crippen LogP contribution >= 0.6 is 0 Å². The van der Waals surface area contributed by atoms with Gasteiger partial charge in [-0.3, -0.25) is 0 Å². The largest absolute Gasteiger partial charge is 0.456 e. The zero-order valence-corrected chi connectivity index (χ0v) is 36.2. The summed E-state index contributed by atoms with van der Waals surface area (Å²) in [6.07, 6.45) is 0. The second kappa shape index (κ2) is 16.8. The van der Waals surface area contributed by atoms with Crippen molar-refractivity contribution in [1.29, 1.82) is 0 Å². The number of fused-ring (bicyclic) bond motifs is 4. The van der Waals surface area contributed by atoms with Crippen molar-refractivity contribution in [2.75, 3.05) is 4.90 Å². The first-order valence-electron chi connectivity index (χ1n) is 22.6. The maximum atomic E-state index is 6.33. The van der Waals surface area contributed by atoms with E-state index in [4.69, 9.17) is 4.42 Å². The van der Waals surface area contributed by atoms with E-state index < -0.39 is 0 Å². The molecule has 0 aliphatic rings. The van der Waals surface area contributed by atoms with E-state index in [-0.39, 0.29) is 0 Å². The summed E-state index contributed by atoms with van der Waals surface area (Å²) in [6, 6.07) is 93.9. The number of hydrogen-bond donors (Lipinski definition) is 0. The first-order chi connectivity index (χ1) is 32.7. The van der Waals surface area contributed by atoms with E-state index in [1.165, 1.54) is 55.3 Å². The van der Waals surface area contributed by atoms with Gasteiger partial charge in [0.1, 0.15) is 11.2 Å². The summed E-state index contributed by atoms with van der Waals surface area (Å²) in [5.74, 6) is 0. The van der Waals surface area contributed by atoms with Crippen LogP contribution < -0.4 is 4.90 Å². The van der Waals surface area contributed by atoms with Gasteiger partial charge in [-0.25, -0.2) is 0 Å². The number of para-hydroxylation sites is 1. The van der Waals surface area contributed by atoms with Crippen LogP contribution in [-0.2, 0) is 0 Å². The van der Waals surface area contributed by atoms with Gasteiger partial charge in [-0.15, -0.1) is 0 Å². The quantitative estimate of drug-likeness (QED) is 0.144. The van der Waals surface area contributed by atoms with E-state index in [0.29, 0.717) is 0 Å². The lowest BCUT2D eigenvalue weighted by atomic mass is 9.91. The minimum atomic E-state index is 0.888. The van der Waals surface area contributed by atoms with Crippen molar-refractivity contribution in [3.63, 3.8) is 0 Å². The fourth-order valence-corrected chi connectivity index (χ4v) is 9.55. The molecule has 0 atom stereocenters. The number of anilines is 3. The highest BCUT2D eigenvalue weighted by atomic mass is 16.3. The molecule has 2 nitrogen and oxygen atoms in total. The van der Waals surface area contributed by atoms with Gasteiger partial charge in [-0.1, -0.05) is 200 Å². The van der Waals surface area contributed by atoms with E-state index in [9.17, 15) is 0 Å². The average molecular weight is 842 g/mol. The monoisotopic (exact) mass is 841 g/mol. The van der Waals surface area contributed by atoms with Crippen molar-refractivity contribution >= 4 is 49.8 Å². The van der Waals surface area contributed by atoms with Crippen molar-refractivity contribution in [1.82, 2.24) is 0 Å². The molecule has 1 heterocycles. The van der Waals surface area contributed by atoms with Crippen LogP contribution in [-0.4, -0.2) is 0 Å². The van der Waals surface area contributed by atoms with Crippen molar-refractivity contribution in [3.05, 3.63) is 261 Å². The lowest BCUT2D eigenvalue weighted by molar-refractivity contribution is 0.669. The third-order valence-electron chi connectivity index (χ3n) is 12.9. The fraction of sp³-hybridized carbons (Fsp3) is 0. The third-order valence-corrected chi connectivity index (χ3v) is 12.9. The van der Waals surface area contributed by atoms with Gasteiger partial charge in [0, 0.05) is 27.8 Å². The van der Waals surface area contributed by atoms with Gasteiger partial charge in [0.05, 0.1) is 0 Å². The highest BCUT2D eigenvalue weighted by Gasteiger charge is 2.18. The van der Waals surface area contributed by atoms with Crippen LogP contribution in [0.3, 0.4) is 0 Å². The molecule has 0 bridgehead atoms. The van der Waals surface area contributed by atoms with Gasteiger partial charge in [0.2, 0.25) is 0 Å². The molecule has 0 spiro atoms. The molecule has 1 aromatic heterocycles. The Labute approximate surface area is 384 Å². The van der Waals surface area contributed by atoms with Crippen LogP contribution in [0.4, 0.5) is 17.1 Å². The van der Waals surface area contributed by atoms with Crippen molar-refractivity contribution in [3.8, 4) is 66.8 Å². The smallest absolute Gasteiger partial charge is 0.136 e. The Morgan fingerprint density at radius 1 is 0.242 bits per heavy atom. The zero-order chi connectivity index (χ0) is 43.8. The van der Waals surface area contributed by atoms with Gasteiger partial charge in [-0.2, -0.15) is 0 Å². The van der Waals surface area contributed by atoms with E-state index >= 15 is 0 Å². The molecule has 2 heteroatoms. The Bertz CT molecular complexity index is 3660. The van der Waals surface area contributed by atoms with E-state index in [0.717, 1.165) is 61.3 Å². The number of rotatable bonds is 9. The van der Waals surface area contributed by atoms with E-state index in [2.05, 4.69) is 254 Å². The molecule has 0 saturated carbocycles. The molecule has 12 aromatic rings. The summed E-state index contributed by atoms with van der Waals surface area (Å²) in [5.41, 5.74) is 19.2. The fourth-order valence-electron chi connectivity index (χ4n) is 9.55. The van der Waals surface area contributed by atoms with Gasteiger partial charge < -0.3 is 9.32 Å². The molecule has 0 N–H and O–H groups in total. The summed E-state index contributed by atoms with van der Waals surface area (Å²) in [5, 5.41) is 4.75. The first-order valence-corrected chi connectivity index (χ1v) is 22.6. The maximum Gasteiger partial charge on any atom is 0.136 e. The second-order valence-corrected chi connectivity index (χ2v) is 16.9. The summed E-state index contributed by atoms with van der Waals surface area (Å²) in [6.45, 7) is 0. The SMILES string of the molecule is c1ccc(-c2ccc(-c3ccccc3)c(-c3ccc(N(c4ccc(-c5ccc(-c6ccc7ccccc7c6)cc5)cc4)c4cccc(-c5cccc6oc7ccccc7c56)c4)cc3)c2)cc1. The Morgan fingerprint density at radius 2 is 0.742 bits per heavy atom. The van der Waals surface area contributed by atoms with Crippen LogP contribution in [0.5, 0.6) is 0 Å². The molecule has 0 amide bonds. The highest BCUT2D eigenvalue weighted by Crippen LogP contribution is 2.43. The number of benzene rings is 11. The average Bonchev–Trinajstić information content (AvgIpc) is 3.79. The molecule has 12 rings (SSSR count). The summed E-state index contributed by atoms with van der Waals surface area (Å²) >= 11 is 0. The van der Waals surface area contributed by atoms with Gasteiger partial charge in [0.15, 0.2) is 0 Å². The Balaban J connectivity index is 0.942. The van der Waals surface area contributed by atoms with E-state index in [1.807, 2.05) is 12.1 Å². The highest BCUT2D eigenvalue weighted by molar-refractivity contribution is 6.12. The summed E-state index contributed by atoms with van der Waals surface area (Å²) < 4.78 is 6.33. The van der Waals surface area contributed by atoms with E-state index in [1.54, 1.807) is 0 Å². The molecule has 66 heavy (non-hydrogen) atoms. The number of hydrogen-bond acceptors (Lipinski definition) is 2. The molecular formula is C64H43NO. The standard InChI is InChI=1S/C64H43NO/c1-3-13-44(14-4-1)53-35-40-58(49-16-5-2-6-17-49)61(43-53)50-33-38-56(39-34-50)65(57-20-11-19-54(42-57)59-22-12-24-63-64(59)60-21-9-10-23-62(60)66-63)55-36-31-47(32-37-55)46-25-27-48(28-26-46)52-30-29-45-15-7-8-18-51(45)41-52/h1-43H. The first kappa shape index (κ1) is 38.9. The normalized spacial score (nSPS) is 11.3. The van der Waals surface area contributed by atoms with Gasteiger partial charge >= 0.3 is 0 Å². The lowest BCUT2D eigenvalue weighted by Gasteiger charge is -2.26. The predicted octanol–water partition coefficient (Wildman–Crippen LogP) is 18.2. The molecule has 0 fully saturated rings. The van der Waals surface area contributed by atoms with Gasteiger partial charge in [0.25, 0.3) is 0 Å². The minimum Gasteiger partial charge on any atom is -0.456 e. The van der Waals surface area contributed by atoms with Crippen molar-refractivity contribution < 1.29 is 4.42 Å². The Hall–Kier alpha value is -8.72. The Kier molecular flexibility index (Phi) is 9.89. The number of nitrogens with zero attached hydrogens (tertiary/aromatic N) is 1. The topological polar surface area (TPSA) is 16.4 Å².